The number of hydrogen-bond acceptors (Lipinski definition) is 5. The van der Waals surface area contributed by atoms with Crippen LogP contribution in [0.1, 0.15) is 37.8 Å². The van der Waals surface area contributed by atoms with Crippen LogP contribution < -0.4 is 4.74 Å². The molecular formula is C21H23ClFNO5. The molecule has 1 atom stereocenters. The van der Waals surface area contributed by atoms with Crippen molar-refractivity contribution in [3.8, 4) is 23.2 Å². The van der Waals surface area contributed by atoms with Gasteiger partial charge in [-0.05, 0) is 51.7 Å². The van der Waals surface area contributed by atoms with Gasteiger partial charge in [0.25, 0.3) is 0 Å². The number of rotatable bonds is 5. The Bertz CT molecular complexity index is 953. The Labute approximate surface area is 173 Å². The summed E-state index contributed by atoms with van der Waals surface area (Å²) in [5.74, 6) is -1.42. The Morgan fingerprint density at radius 2 is 1.83 bits per heavy atom. The van der Waals surface area contributed by atoms with E-state index < -0.39 is 17.9 Å². The molecule has 1 aromatic heterocycles. The molecule has 1 unspecified atom stereocenters. The summed E-state index contributed by atoms with van der Waals surface area (Å²) in [6.45, 7) is 3.28. The van der Waals surface area contributed by atoms with Gasteiger partial charge in [0.1, 0.15) is 17.7 Å². The lowest BCUT2D eigenvalue weighted by Crippen LogP contribution is -2.13. The van der Waals surface area contributed by atoms with E-state index in [1.807, 2.05) is 0 Å². The fourth-order valence-corrected chi connectivity index (χ4v) is 3.79. The van der Waals surface area contributed by atoms with Crippen molar-refractivity contribution in [2.24, 2.45) is 0 Å². The van der Waals surface area contributed by atoms with Crippen LogP contribution in [0.25, 0.3) is 5.69 Å². The zero-order valence-corrected chi connectivity index (χ0v) is 17.2. The predicted molar refractivity (Wildman–Crippen MR) is 107 cm³/mol. The second-order valence-electron chi connectivity index (χ2n) is 7.05. The zero-order chi connectivity index (χ0) is 21.3. The molecule has 0 saturated carbocycles. The highest BCUT2D eigenvalue weighted by atomic mass is 35.5. The normalized spacial score (nSPS) is 15.0. The number of aromatic nitrogens is 1. The average molecular weight is 424 g/mol. The minimum atomic E-state index is -0.714. The number of nitrogens with zero attached hydrogens (tertiary/aromatic N) is 1. The lowest BCUT2D eigenvalue weighted by atomic mass is 9.95. The molecule has 8 heteroatoms. The van der Waals surface area contributed by atoms with Gasteiger partial charge in [-0.15, -0.1) is 0 Å². The average Bonchev–Trinajstić information content (AvgIpc) is 2.94. The van der Waals surface area contributed by atoms with Crippen molar-refractivity contribution in [1.82, 2.24) is 4.57 Å². The minimum absolute atomic E-state index is 0.0260. The number of ether oxygens (including phenoxy) is 2. The van der Waals surface area contributed by atoms with Gasteiger partial charge in [-0.3, -0.25) is 0 Å². The number of methoxy groups -OCH3 is 1. The van der Waals surface area contributed by atoms with Crippen molar-refractivity contribution in [3.63, 3.8) is 0 Å². The first-order valence-electron chi connectivity index (χ1n) is 9.31. The van der Waals surface area contributed by atoms with E-state index in [9.17, 15) is 19.4 Å². The van der Waals surface area contributed by atoms with Gasteiger partial charge in [-0.1, -0.05) is 11.6 Å². The topological polar surface area (TPSA) is 80.9 Å². The molecule has 0 radical (unpaired) electrons. The maximum Gasteiger partial charge on any atom is 0.333 e. The van der Waals surface area contributed by atoms with E-state index in [0.29, 0.717) is 29.5 Å². The smallest absolute Gasteiger partial charge is 0.333 e. The monoisotopic (exact) mass is 423 g/mol. The molecule has 29 heavy (non-hydrogen) atoms. The molecule has 2 aromatic rings. The molecule has 1 aliphatic carbocycles. The largest absolute Gasteiger partial charge is 0.494 e. The molecule has 0 saturated heterocycles. The molecular weight excluding hydrogens is 401 g/mol. The van der Waals surface area contributed by atoms with Gasteiger partial charge in [0, 0.05) is 22.8 Å². The van der Waals surface area contributed by atoms with Gasteiger partial charge in [0.15, 0.2) is 0 Å². The highest BCUT2D eigenvalue weighted by Crippen LogP contribution is 2.42. The van der Waals surface area contributed by atoms with Crippen LogP contribution in [0.3, 0.4) is 0 Å². The molecule has 1 aromatic carbocycles. The van der Waals surface area contributed by atoms with Gasteiger partial charge in [-0.2, -0.15) is 0 Å². The maximum atomic E-state index is 14.7. The first kappa shape index (κ1) is 21.0. The third-order valence-corrected chi connectivity index (χ3v) is 5.27. The number of halogens is 2. The molecule has 2 N–H and O–H groups in total. The van der Waals surface area contributed by atoms with Crippen molar-refractivity contribution in [1.29, 1.82) is 0 Å². The standard InChI is InChI=1S/C21H23ClFNO5/c1-11(21(27)28-3)8-12(2)29-18-10-17(16(23)9-15(18)22)24-19(25)13-6-4-5-7-14(13)20(24)26/h8-10,12,25-26H,4-7H2,1-3H3. The molecule has 0 fully saturated rings. The Kier molecular flexibility index (Phi) is 6.07. The molecule has 1 heterocycles. The minimum Gasteiger partial charge on any atom is -0.494 e. The summed E-state index contributed by atoms with van der Waals surface area (Å²) >= 11 is 6.13. The van der Waals surface area contributed by atoms with Crippen LogP contribution >= 0.6 is 11.6 Å². The quantitative estimate of drug-likeness (QED) is 0.548. The van der Waals surface area contributed by atoms with Gasteiger partial charge >= 0.3 is 5.97 Å². The van der Waals surface area contributed by atoms with Crippen molar-refractivity contribution < 1.29 is 28.9 Å². The summed E-state index contributed by atoms with van der Waals surface area (Å²) in [6, 6.07) is 2.38. The molecule has 3 rings (SSSR count). The molecule has 6 nitrogen and oxygen atoms in total. The van der Waals surface area contributed by atoms with E-state index in [0.717, 1.165) is 23.5 Å². The van der Waals surface area contributed by atoms with E-state index in [4.69, 9.17) is 16.3 Å². The SMILES string of the molecule is COC(=O)C(C)=CC(C)Oc1cc(-n2c(O)c3c(c2O)CCCC3)c(F)cc1Cl. The number of carbonyl (C=O) groups excluding carboxylic acids is 1. The molecule has 0 bridgehead atoms. The summed E-state index contributed by atoms with van der Waals surface area (Å²) in [6.07, 6.45) is 4.01. The van der Waals surface area contributed by atoms with Crippen molar-refractivity contribution in [2.75, 3.05) is 7.11 Å². The summed E-state index contributed by atoms with van der Waals surface area (Å²) in [5.41, 5.74) is 1.55. The summed E-state index contributed by atoms with van der Waals surface area (Å²) < 4.78 is 26.2. The van der Waals surface area contributed by atoms with Crippen molar-refractivity contribution in [3.05, 3.63) is 45.7 Å². The van der Waals surface area contributed by atoms with E-state index in [-0.39, 0.29) is 28.2 Å². The second kappa shape index (κ2) is 8.37. The molecule has 0 amide bonds. The van der Waals surface area contributed by atoms with Gasteiger partial charge in [0.05, 0.1) is 17.8 Å². The van der Waals surface area contributed by atoms with Crippen LogP contribution in [0, 0.1) is 5.82 Å². The number of fused-ring (bicyclic) bond motifs is 1. The zero-order valence-electron chi connectivity index (χ0n) is 16.5. The molecule has 0 aliphatic heterocycles. The van der Waals surface area contributed by atoms with Gasteiger partial charge in [-0.25, -0.2) is 13.8 Å². The van der Waals surface area contributed by atoms with Gasteiger partial charge in [0.2, 0.25) is 11.8 Å². The van der Waals surface area contributed by atoms with E-state index in [2.05, 4.69) is 4.74 Å². The Morgan fingerprint density at radius 1 is 1.24 bits per heavy atom. The Hall–Kier alpha value is -2.67. The lowest BCUT2D eigenvalue weighted by molar-refractivity contribution is -0.136. The number of benzene rings is 1. The fraction of sp³-hybridized carbons (Fsp3) is 0.381. The number of carbonyl (C=O) groups is 1. The van der Waals surface area contributed by atoms with Crippen LogP contribution in [0.15, 0.2) is 23.8 Å². The summed E-state index contributed by atoms with van der Waals surface area (Å²) in [5, 5.41) is 21.2. The van der Waals surface area contributed by atoms with Crippen molar-refractivity contribution >= 4 is 17.6 Å². The second-order valence-corrected chi connectivity index (χ2v) is 7.45. The predicted octanol–water partition coefficient (Wildman–Crippen LogP) is 4.45. The molecule has 156 valence electrons. The lowest BCUT2D eigenvalue weighted by Gasteiger charge is -2.16. The van der Waals surface area contributed by atoms with E-state index >= 15 is 0 Å². The van der Waals surface area contributed by atoms with Crippen LogP contribution in [0.5, 0.6) is 17.5 Å². The third kappa shape index (κ3) is 4.05. The Morgan fingerprint density at radius 3 is 2.38 bits per heavy atom. The van der Waals surface area contributed by atoms with E-state index in [1.165, 1.54) is 13.2 Å². The van der Waals surface area contributed by atoms with Crippen LogP contribution in [0.2, 0.25) is 5.02 Å². The van der Waals surface area contributed by atoms with E-state index in [1.54, 1.807) is 19.9 Å². The summed E-state index contributed by atoms with van der Waals surface area (Å²) in [4.78, 5) is 11.5. The summed E-state index contributed by atoms with van der Waals surface area (Å²) in [7, 11) is 1.28. The number of hydrogen-bond donors (Lipinski definition) is 2. The van der Waals surface area contributed by atoms with Crippen LogP contribution in [0.4, 0.5) is 4.39 Å². The van der Waals surface area contributed by atoms with Gasteiger partial charge < -0.3 is 19.7 Å². The first-order valence-corrected chi connectivity index (χ1v) is 9.69. The first-order chi connectivity index (χ1) is 13.7. The van der Waals surface area contributed by atoms with Crippen LogP contribution in [-0.2, 0) is 22.4 Å². The van der Waals surface area contributed by atoms with Crippen LogP contribution in [-0.4, -0.2) is 34.0 Å². The fourth-order valence-electron chi connectivity index (χ4n) is 3.59. The molecule has 1 aliphatic rings. The highest BCUT2D eigenvalue weighted by molar-refractivity contribution is 6.32. The Balaban J connectivity index is 1.99. The number of esters is 1. The number of aromatic hydroxyl groups is 2. The maximum absolute atomic E-state index is 14.7. The van der Waals surface area contributed by atoms with Crippen molar-refractivity contribution in [2.45, 2.75) is 45.6 Å². The molecule has 0 spiro atoms. The highest BCUT2D eigenvalue weighted by Gasteiger charge is 2.27. The third-order valence-electron chi connectivity index (χ3n) is 4.98.